The van der Waals surface area contributed by atoms with E-state index in [2.05, 4.69) is 21.2 Å². The van der Waals surface area contributed by atoms with Crippen molar-refractivity contribution >= 4 is 50.5 Å². The van der Waals surface area contributed by atoms with Crippen LogP contribution in [-0.2, 0) is 0 Å². The first-order chi connectivity index (χ1) is 10.7. The lowest BCUT2D eigenvalue weighted by Crippen LogP contribution is -2.12. The third kappa shape index (κ3) is 2.88. The third-order valence-electron chi connectivity index (χ3n) is 3.01. The highest BCUT2D eigenvalue weighted by Gasteiger charge is 2.23. The molecule has 1 aromatic carbocycles. The van der Waals surface area contributed by atoms with E-state index >= 15 is 0 Å². The zero-order valence-electron chi connectivity index (χ0n) is 11.2. The first-order valence-corrected chi connectivity index (χ1v) is 8.87. The molecule has 1 N–H and O–H groups in total. The molecule has 3 rings (SSSR count). The molecule has 0 bridgehead atoms. The van der Waals surface area contributed by atoms with Gasteiger partial charge in [0.15, 0.2) is 0 Å². The number of nitrogens with zero attached hydrogens (tertiary/aromatic N) is 1. The van der Waals surface area contributed by atoms with Gasteiger partial charge < -0.3 is 5.32 Å². The van der Waals surface area contributed by atoms with Crippen LogP contribution in [0, 0.1) is 11.3 Å². The summed E-state index contributed by atoms with van der Waals surface area (Å²) in [7, 11) is 0. The van der Waals surface area contributed by atoms with Crippen molar-refractivity contribution in [2.75, 3.05) is 0 Å². The number of thioether (sulfide) groups is 1. The van der Waals surface area contributed by atoms with Crippen molar-refractivity contribution in [2.24, 2.45) is 0 Å². The van der Waals surface area contributed by atoms with E-state index in [-0.39, 0.29) is 11.4 Å². The lowest BCUT2D eigenvalue weighted by atomic mass is 10.1. The minimum absolute atomic E-state index is 0.125. The maximum Gasteiger partial charge on any atom is 0.207 e. The molecule has 22 heavy (non-hydrogen) atoms. The number of Topliss-reactive ketones (excluding diaryl/α,β-unsaturated/α-hetero) is 1. The molecular formula is C16H9BrN2OS2. The van der Waals surface area contributed by atoms with Gasteiger partial charge in [-0.1, -0.05) is 45.9 Å². The number of benzene rings is 1. The molecule has 0 fully saturated rings. The summed E-state index contributed by atoms with van der Waals surface area (Å²) in [5.74, 6) is -0.286. The van der Waals surface area contributed by atoms with Gasteiger partial charge >= 0.3 is 0 Å². The molecule has 0 saturated heterocycles. The molecule has 1 aliphatic rings. The van der Waals surface area contributed by atoms with Gasteiger partial charge in [0.1, 0.15) is 11.6 Å². The van der Waals surface area contributed by atoms with Crippen molar-refractivity contribution in [2.45, 2.75) is 0 Å². The topological polar surface area (TPSA) is 52.9 Å². The quantitative estimate of drug-likeness (QED) is 0.467. The van der Waals surface area contributed by atoms with E-state index in [1.54, 1.807) is 29.5 Å². The molecule has 0 aliphatic carbocycles. The van der Waals surface area contributed by atoms with E-state index in [1.165, 1.54) is 11.8 Å². The average molecular weight is 389 g/mol. The summed E-state index contributed by atoms with van der Waals surface area (Å²) in [5, 5.41) is 17.1. The smallest absolute Gasteiger partial charge is 0.207 e. The van der Waals surface area contributed by atoms with E-state index in [0.29, 0.717) is 15.1 Å². The predicted octanol–water partition coefficient (Wildman–Crippen LogP) is 4.76. The van der Waals surface area contributed by atoms with E-state index in [0.717, 1.165) is 10.6 Å². The van der Waals surface area contributed by atoms with Crippen molar-refractivity contribution in [1.29, 1.82) is 5.26 Å². The molecule has 0 spiro atoms. The van der Waals surface area contributed by atoms with Crippen LogP contribution < -0.4 is 5.32 Å². The first-order valence-electron chi connectivity index (χ1n) is 6.32. The number of hydrogen-bond acceptors (Lipinski definition) is 5. The van der Waals surface area contributed by atoms with Crippen LogP contribution >= 0.6 is 39.0 Å². The van der Waals surface area contributed by atoms with E-state index in [4.69, 9.17) is 0 Å². The molecule has 0 amide bonds. The van der Waals surface area contributed by atoms with Crippen LogP contribution in [0.2, 0.25) is 0 Å². The number of hydrogen-bond donors (Lipinski definition) is 1. The number of carbonyl (C=O) groups is 1. The molecule has 1 aromatic heterocycles. The third-order valence-corrected chi connectivity index (χ3v) is 5.50. The van der Waals surface area contributed by atoms with Crippen molar-refractivity contribution in [1.82, 2.24) is 5.32 Å². The number of nitriles is 1. The minimum Gasteiger partial charge on any atom is -0.347 e. The van der Waals surface area contributed by atoms with Gasteiger partial charge in [-0.3, -0.25) is 4.79 Å². The molecule has 0 saturated carbocycles. The molecule has 0 radical (unpaired) electrons. The van der Waals surface area contributed by atoms with Gasteiger partial charge in [-0.05, 0) is 23.6 Å². The van der Waals surface area contributed by atoms with Crippen LogP contribution in [-0.4, -0.2) is 5.78 Å². The van der Waals surface area contributed by atoms with Gasteiger partial charge in [-0.25, -0.2) is 0 Å². The summed E-state index contributed by atoms with van der Waals surface area (Å²) in [4.78, 5) is 13.7. The normalized spacial score (nSPS) is 15.7. The number of halogens is 1. The molecule has 2 heterocycles. The summed E-state index contributed by atoms with van der Waals surface area (Å²) in [6.07, 6.45) is 0. The highest BCUT2D eigenvalue weighted by Crippen LogP contribution is 2.34. The second kappa shape index (κ2) is 6.53. The fourth-order valence-electron chi connectivity index (χ4n) is 1.96. The Morgan fingerprint density at radius 3 is 2.73 bits per heavy atom. The van der Waals surface area contributed by atoms with Gasteiger partial charge in [0.25, 0.3) is 0 Å². The van der Waals surface area contributed by atoms with Crippen LogP contribution in [0.1, 0.15) is 15.2 Å². The van der Waals surface area contributed by atoms with Crippen molar-refractivity contribution < 1.29 is 4.79 Å². The number of thiophene rings is 1. The molecule has 0 unspecified atom stereocenters. The zero-order valence-corrected chi connectivity index (χ0v) is 14.4. The van der Waals surface area contributed by atoms with Crippen LogP contribution in [0.5, 0.6) is 0 Å². The Labute approximate surface area is 144 Å². The Kier molecular flexibility index (Phi) is 4.48. The van der Waals surface area contributed by atoms with Crippen LogP contribution in [0.25, 0.3) is 5.70 Å². The highest BCUT2D eigenvalue weighted by atomic mass is 79.9. The summed E-state index contributed by atoms with van der Waals surface area (Å²) in [6.45, 7) is 0. The SMILES string of the molecule is N#CC(C(=O)c1ccccc1Br)=C1NC(c2cccs2)=CS1. The largest absolute Gasteiger partial charge is 0.347 e. The zero-order chi connectivity index (χ0) is 15.5. The Balaban J connectivity index is 1.91. The standard InChI is InChI=1S/C16H9BrN2OS2/c17-12-5-2-1-4-10(12)15(20)11(8-18)16-19-13(9-22-16)14-6-3-7-21-14/h1-7,9,19H. The van der Waals surface area contributed by atoms with Gasteiger partial charge in [-0.2, -0.15) is 5.26 Å². The summed E-state index contributed by atoms with van der Waals surface area (Å²) >= 11 is 6.33. The average Bonchev–Trinajstić information content (AvgIpc) is 3.19. The molecule has 0 atom stereocenters. The summed E-state index contributed by atoms with van der Waals surface area (Å²) in [5.41, 5.74) is 1.53. The molecular weight excluding hydrogens is 380 g/mol. The van der Waals surface area contributed by atoms with E-state index in [1.807, 2.05) is 35.1 Å². The first kappa shape index (κ1) is 15.1. The highest BCUT2D eigenvalue weighted by molar-refractivity contribution is 9.10. The van der Waals surface area contributed by atoms with Crippen LogP contribution in [0.3, 0.4) is 0 Å². The Morgan fingerprint density at radius 1 is 1.23 bits per heavy atom. The number of rotatable bonds is 3. The Morgan fingerprint density at radius 2 is 2.05 bits per heavy atom. The maximum absolute atomic E-state index is 12.6. The van der Waals surface area contributed by atoms with Gasteiger partial charge in [0, 0.05) is 15.4 Å². The van der Waals surface area contributed by atoms with Crippen molar-refractivity contribution in [3.63, 3.8) is 0 Å². The van der Waals surface area contributed by atoms with E-state index < -0.39 is 0 Å². The molecule has 6 heteroatoms. The second-order valence-electron chi connectivity index (χ2n) is 4.38. The van der Waals surface area contributed by atoms with Gasteiger partial charge in [-0.15, -0.1) is 11.3 Å². The molecule has 3 nitrogen and oxygen atoms in total. The van der Waals surface area contributed by atoms with Crippen LogP contribution in [0.4, 0.5) is 0 Å². The summed E-state index contributed by atoms with van der Waals surface area (Å²) < 4.78 is 0.683. The number of ketones is 1. The maximum atomic E-state index is 12.6. The fourth-order valence-corrected chi connectivity index (χ4v) is 4.04. The second-order valence-corrected chi connectivity index (χ2v) is 7.06. The van der Waals surface area contributed by atoms with Gasteiger partial charge in [0.2, 0.25) is 5.78 Å². The predicted molar refractivity (Wildman–Crippen MR) is 94.1 cm³/mol. The van der Waals surface area contributed by atoms with Crippen LogP contribution in [0.15, 0.2) is 62.3 Å². The molecule has 108 valence electrons. The Bertz CT molecular complexity index is 832. The Hall–Kier alpha value is -1.81. The number of nitrogens with one attached hydrogen (secondary N) is 1. The van der Waals surface area contributed by atoms with Gasteiger partial charge in [0.05, 0.1) is 15.6 Å². The fraction of sp³-hybridized carbons (Fsp3) is 0. The monoisotopic (exact) mass is 388 g/mol. The lowest BCUT2D eigenvalue weighted by Gasteiger charge is -2.07. The van der Waals surface area contributed by atoms with Crippen molar-refractivity contribution in [3.8, 4) is 6.07 Å². The summed E-state index contributed by atoms with van der Waals surface area (Å²) in [6, 6.07) is 13.1. The molecule has 2 aromatic rings. The molecule has 1 aliphatic heterocycles. The number of allylic oxidation sites excluding steroid dienone is 1. The lowest BCUT2D eigenvalue weighted by molar-refractivity contribution is 0.103. The van der Waals surface area contributed by atoms with Crippen molar-refractivity contribution in [3.05, 3.63) is 72.7 Å². The minimum atomic E-state index is -0.286. The number of carbonyl (C=O) groups excluding carboxylic acids is 1. The van der Waals surface area contributed by atoms with E-state index in [9.17, 15) is 10.1 Å².